The fourth-order valence-electron chi connectivity index (χ4n) is 3.57. The van der Waals surface area contributed by atoms with Gasteiger partial charge in [-0.15, -0.1) is 0 Å². The number of nitrogens with zero attached hydrogens (tertiary/aromatic N) is 1. The molecule has 2 amide bonds. The average molecular weight is 365 g/mol. The summed E-state index contributed by atoms with van der Waals surface area (Å²) in [5, 5.41) is 5.95. The molecule has 0 saturated carbocycles. The monoisotopic (exact) mass is 365 g/mol. The first-order chi connectivity index (χ1) is 13.0. The highest BCUT2D eigenvalue weighted by Gasteiger charge is 2.26. The summed E-state index contributed by atoms with van der Waals surface area (Å²) in [6, 6.07) is 15.6. The summed E-state index contributed by atoms with van der Waals surface area (Å²) >= 11 is 0. The lowest BCUT2D eigenvalue weighted by atomic mass is 9.96. The van der Waals surface area contributed by atoms with Gasteiger partial charge in [0, 0.05) is 17.3 Å². The lowest BCUT2D eigenvalue weighted by Crippen LogP contribution is -2.41. The fourth-order valence-corrected chi connectivity index (χ4v) is 3.57. The third-order valence-corrected chi connectivity index (χ3v) is 4.87. The summed E-state index contributed by atoms with van der Waals surface area (Å²) in [6.07, 6.45) is 1.55. The van der Waals surface area contributed by atoms with Gasteiger partial charge in [-0.05, 0) is 75.2 Å². The summed E-state index contributed by atoms with van der Waals surface area (Å²) < 4.78 is 0. The minimum Gasteiger partial charge on any atom is -0.326 e. The van der Waals surface area contributed by atoms with Gasteiger partial charge in [-0.3, -0.25) is 14.5 Å². The molecule has 1 heterocycles. The first-order valence-corrected chi connectivity index (χ1v) is 9.46. The van der Waals surface area contributed by atoms with Crippen LogP contribution >= 0.6 is 0 Å². The van der Waals surface area contributed by atoms with Crippen molar-refractivity contribution in [3.63, 3.8) is 0 Å². The number of aryl methyl sites for hydroxylation is 2. The zero-order valence-corrected chi connectivity index (χ0v) is 16.0. The number of rotatable bonds is 5. The van der Waals surface area contributed by atoms with E-state index in [-0.39, 0.29) is 17.7 Å². The maximum Gasteiger partial charge on any atom is 0.238 e. The van der Waals surface area contributed by atoms with Crippen LogP contribution in [0, 0.1) is 19.8 Å². The lowest BCUT2D eigenvalue weighted by Gasteiger charge is -2.30. The molecule has 1 aliphatic rings. The molecular formula is C22H27N3O2. The molecule has 5 nitrogen and oxygen atoms in total. The van der Waals surface area contributed by atoms with Gasteiger partial charge >= 0.3 is 0 Å². The van der Waals surface area contributed by atoms with E-state index in [0.29, 0.717) is 6.54 Å². The Morgan fingerprint density at radius 2 is 1.56 bits per heavy atom. The number of piperidine rings is 1. The van der Waals surface area contributed by atoms with Crippen LogP contribution in [-0.4, -0.2) is 36.3 Å². The van der Waals surface area contributed by atoms with Gasteiger partial charge in [-0.2, -0.15) is 0 Å². The summed E-state index contributed by atoms with van der Waals surface area (Å²) in [5.41, 5.74) is 3.94. The number of nitrogens with one attached hydrogen (secondary N) is 2. The summed E-state index contributed by atoms with van der Waals surface area (Å²) in [7, 11) is 0. The van der Waals surface area contributed by atoms with Crippen molar-refractivity contribution >= 4 is 23.2 Å². The van der Waals surface area contributed by atoms with Crippen LogP contribution in [0.4, 0.5) is 11.4 Å². The van der Waals surface area contributed by atoms with Crippen LogP contribution in [0.1, 0.15) is 24.0 Å². The Kier molecular flexibility index (Phi) is 6.24. The molecule has 1 saturated heterocycles. The maximum atomic E-state index is 12.4. The van der Waals surface area contributed by atoms with E-state index in [0.717, 1.165) is 48.4 Å². The molecule has 3 rings (SSSR count). The van der Waals surface area contributed by atoms with E-state index in [9.17, 15) is 9.59 Å². The second kappa shape index (κ2) is 8.82. The molecule has 1 fully saturated rings. The summed E-state index contributed by atoms with van der Waals surface area (Å²) in [4.78, 5) is 26.8. The molecule has 142 valence electrons. The highest BCUT2D eigenvalue weighted by molar-refractivity contribution is 5.93. The molecule has 2 aromatic rings. The minimum absolute atomic E-state index is 0.00365. The van der Waals surface area contributed by atoms with E-state index >= 15 is 0 Å². The van der Waals surface area contributed by atoms with Crippen LogP contribution < -0.4 is 10.6 Å². The molecule has 5 heteroatoms. The van der Waals surface area contributed by atoms with Gasteiger partial charge in [0.15, 0.2) is 0 Å². The Morgan fingerprint density at radius 3 is 2.19 bits per heavy atom. The quantitative estimate of drug-likeness (QED) is 0.851. The Balaban J connectivity index is 1.45. The van der Waals surface area contributed by atoms with E-state index in [1.807, 2.05) is 56.3 Å². The topological polar surface area (TPSA) is 61.4 Å². The Hall–Kier alpha value is -2.66. The second-order valence-electron chi connectivity index (χ2n) is 7.33. The van der Waals surface area contributed by atoms with Gasteiger partial charge in [-0.25, -0.2) is 0 Å². The lowest BCUT2D eigenvalue weighted by molar-refractivity contribution is -0.121. The van der Waals surface area contributed by atoms with Crippen molar-refractivity contribution in [3.05, 3.63) is 59.7 Å². The Bertz CT molecular complexity index is 776. The van der Waals surface area contributed by atoms with E-state index in [1.54, 1.807) is 0 Å². The maximum absolute atomic E-state index is 12.4. The standard InChI is InChI=1S/C22H27N3O2/c1-16-12-17(2)14-20(13-16)23-21(26)15-25-10-8-18(9-11-25)22(27)24-19-6-4-3-5-7-19/h3-7,12-14,18H,8-11,15H2,1-2H3,(H,23,26)(H,24,27). The van der Waals surface area contributed by atoms with E-state index < -0.39 is 0 Å². The molecule has 0 bridgehead atoms. The number of hydrogen-bond donors (Lipinski definition) is 2. The summed E-state index contributed by atoms with van der Waals surface area (Å²) in [6.45, 7) is 5.92. The molecule has 0 atom stereocenters. The van der Waals surface area contributed by atoms with E-state index in [4.69, 9.17) is 0 Å². The van der Waals surface area contributed by atoms with Gasteiger partial charge < -0.3 is 10.6 Å². The number of para-hydroxylation sites is 1. The number of benzene rings is 2. The van der Waals surface area contributed by atoms with Crippen LogP contribution in [0.25, 0.3) is 0 Å². The highest BCUT2D eigenvalue weighted by Crippen LogP contribution is 2.20. The fraction of sp³-hybridized carbons (Fsp3) is 0.364. The Labute approximate surface area is 160 Å². The molecule has 1 aliphatic heterocycles. The number of amides is 2. The molecule has 27 heavy (non-hydrogen) atoms. The molecule has 0 aliphatic carbocycles. The van der Waals surface area contributed by atoms with Crippen molar-refractivity contribution in [1.29, 1.82) is 0 Å². The molecule has 0 aromatic heterocycles. The molecular weight excluding hydrogens is 338 g/mol. The van der Waals surface area contributed by atoms with Crippen molar-refractivity contribution in [3.8, 4) is 0 Å². The molecule has 2 aromatic carbocycles. The Morgan fingerprint density at radius 1 is 0.926 bits per heavy atom. The van der Waals surface area contributed by atoms with Crippen LogP contribution in [0.5, 0.6) is 0 Å². The highest BCUT2D eigenvalue weighted by atomic mass is 16.2. The molecule has 0 spiro atoms. The number of likely N-dealkylation sites (tertiary alicyclic amines) is 1. The number of hydrogen-bond acceptors (Lipinski definition) is 3. The number of anilines is 2. The van der Waals surface area contributed by atoms with Gasteiger partial charge in [0.1, 0.15) is 0 Å². The third kappa shape index (κ3) is 5.66. The molecule has 0 unspecified atom stereocenters. The zero-order chi connectivity index (χ0) is 19.2. The third-order valence-electron chi connectivity index (χ3n) is 4.87. The number of carbonyl (C=O) groups is 2. The molecule has 0 radical (unpaired) electrons. The SMILES string of the molecule is Cc1cc(C)cc(NC(=O)CN2CCC(C(=O)Nc3ccccc3)CC2)c1. The van der Waals surface area contributed by atoms with Crippen molar-refractivity contribution in [2.75, 3.05) is 30.3 Å². The normalized spacial score (nSPS) is 15.3. The van der Waals surface area contributed by atoms with E-state index in [1.165, 1.54) is 0 Å². The summed E-state index contributed by atoms with van der Waals surface area (Å²) in [5.74, 6) is 0.0664. The van der Waals surface area contributed by atoms with Gasteiger partial charge in [-0.1, -0.05) is 24.3 Å². The largest absolute Gasteiger partial charge is 0.326 e. The smallest absolute Gasteiger partial charge is 0.238 e. The predicted octanol–water partition coefficient (Wildman–Crippen LogP) is 3.59. The van der Waals surface area contributed by atoms with Gasteiger partial charge in [0.25, 0.3) is 0 Å². The van der Waals surface area contributed by atoms with Crippen LogP contribution in [-0.2, 0) is 9.59 Å². The molecule has 2 N–H and O–H groups in total. The van der Waals surface area contributed by atoms with Crippen molar-refractivity contribution in [1.82, 2.24) is 4.90 Å². The predicted molar refractivity (Wildman–Crippen MR) is 109 cm³/mol. The second-order valence-corrected chi connectivity index (χ2v) is 7.33. The first-order valence-electron chi connectivity index (χ1n) is 9.46. The average Bonchev–Trinajstić information content (AvgIpc) is 2.62. The zero-order valence-electron chi connectivity index (χ0n) is 16.0. The minimum atomic E-state index is -0.00723. The van der Waals surface area contributed by atoms with Crippen LogP contribution in [0.3, 0.4) is 0 Å². The van der Waals surface area contributed by atoms with Gasteiger partial charge in [0.2, 0.25) is 11.8 Å². The van der Waals surface area contributed by atoms with Crippen molar-refractivity contribution in [2.24, 2.45) is 5.92 Å². The number of carbonyl (C=O) groups excluding carboxylic acids is 2. The first kappa shape index (κ1) is 19.1. The van der Waals surface area contributed by atoms with Crippen molar-refractivity contribution < 1.29 is 9.59 Å². The van der Waals surface area contributed by atoms with Crippen LogP contribution in [0.15, 0.2) is 48.5 Å². The van der Waals surface area contributed by atoms with Crippen molar-refractivity contribution in [2.45, 2.75) is 26.7 Å². The van der Waals surface area contributed by atoms with Crippen LogP contribution in [0.2, 0.25) is 0 Å². The van der Waals surface area contributed by atoms with Gasteiger partial charge in [0.05, 0.1) is 6.54 Å². The van der Waals surface area contributed by atoms with E-state index in [2.05, 4.69) is 21.6 Å².